The molecule has 102 valence electrons. The van der Waals surface area contributed by atoms with Gasteiger partial charge in [-0.3, -0.25) is 0 Å². The van der Waals surface area contributed by atoms with Gasteiger partial charge in [0.2, 0.25) is 0 Å². The predicted octanol–water partition coefficient (Wildman–Crippen LogP) is 3.34. The van der Waals surface area contributed by atoms with Crippen LogP contribution in [0.25, 0.3) is 0 Å². The number of hydrogen-bond donors (Lipinski definition) is 2. The lowest BCUT2D eigenvalue weighted by Gasteiger charge is -2.19. The van der Waals surface area contributed by atoms with Gasteiger partial charge in [0.15, 0.2) is 0 Å². The van der Waals surface area contributed by atoms with Crippen LogP contribution in [-0.2, 0) is 12.0 Å². The summed E-state index contributed by atoms with van der Waals surface area (Å²) in [7, 11) is 0. The van der Waals surface area contributed by atoms with Crippen LogP contribution in [0, 0.1) is 6.92 Å². The summed E-state index contributed by atoms with van der Waals surface area (Å²) in [5.74, 6) is 2.14. The smallest absolute Gasteiger partial charge is 0.138 e. The second-order valence-corrected chi connectivity index (χ2v) is 6.62. The van der Waals surface area contributed by atoms with E-state index in [2.05, 4.69) is 47.5 Å². The van der Waals surface area contributed by atoms with E-state index in [4.69, 9.17) is 5.73 Å². The van der Waals surface area contributed by atoms with E-state index >= 15 is 0 Å². The molecule has 0 unspecified atom stereocenters. The minimum absolute atomic E-state index is 0.110. The molecule has 4 nitrogen and oxygen atoms in total. The van der Waals surface area contributed by atoms with Gasteiger partial charge in [0.1, 0.15) is 17.5 Å². The molecule has 0 saturated heterocycles. The van der Waals surface area contributed by atoms with Crippen molar-refractivity contribution in [3.05, 3.63) is 33.8 Å². The molecule has 0 aliphatic rings. The van der Waals surface area contributed by atoms with Crippen LogP contribution in [0.4, 0.5) is 11.6 Å². The first-order chi connectivity index (χ1) is 8.88. The Morgan fingerprint density at radius 3 is 2.63 bits per heavy atom. The molecule has 0 fully saturated rings. The number of hydrogen-bond acceptors (Lipinski definition) is 5. The molecule has 0 radical (unpaired) electrons. The van der Waals surface area contributed by atoms with E-state index in [9.17, 15) is 0 Å². The SMILES string of the molecule is Cc1c(N)nc(C(C)(C)C)nc1NCc1cccs1. The van der Waals surface area contributed by atoms with Gasteiger partial charge in [0.25, 0.3) is 0 Å². The third-order valence-electron chi connectivity index (χ3n) is 2.86. The second kappa shape index (κ2) is 5.17. The van der Waals surface area contributed by atoms with Crippen molar-refractivity contribution in [3.63, 3.8) is 0 Å². The zero-order valence-corrected chi connectivity index (χ0v) is 12.6. The molecule has 2 heterocycles. The largest absolute Gasteiger partial charge is 0.383 e. The molecular formula is C14H20N4S. The van der Waals surface area contributed by atoms with Crippen molar-refractivity contribution in [2.45, 2.75) is 39.7 Å². The summed E-state index contributed by atoms with van der Waals surface area (Å²) in [6, 6.07) is 4.14. The number of thiophene rings is 1. The van der Waals surface area contributed by atoms with Gasteiger partial charge in [-0.2, -0.15) is 0 Å². The molecule has 2 aromatic rings. The standard InChI is InChI=1S/C14H20N4S/c1-9-11(15)17-13(14(2,3)4)18-12(9)16-8-10-6-5-7-19-10/h5-7H,8H2,1-4H3,(H3,15,16,17,18). The highest BCUT2D eigenvalue weighted by Gasteiger charge is 2.20. The topological polar surface area (TPSA) is 63.8 Å². The van der Waals surface area contributed by atoms with Crippen LogP contribution in [0.15, 0.2) is 17.5 Å². The maximum Gasteiger partial charge on any atom is 0.138 e. The van der Waals surface area contributed by atoms with E-state index in [1.165, 1.54) is 4.88 Å². The Bertz CT molecular complexity index is 556. The first-order valence-corrected chi connectivity index (χ1v) is 7.17. The number of aromatic nitrogens is 2. The molecule has 0 aliphatic heterocycles. The molecule has 0 aromatic carbocycles. The van der Waals surface area contributed by atoms with Gasteiger partial charge in [-0.1, -0.05) is 26.8 Å². The molecule has 0 saturated carbocycles. The van der Waals surface area contributed by atoms with E-state index in [1.54, 1.807) is 11.3 Å². The summed E-state index contributed by atoms with van der Waals surface area (Å²) < 4.78 is 0. The lowest BCUT2D eigenvalue weighted by atomic mass is 9.95. The molecule has 0 aliphatic carbocycles. The van der Waals surface area contributed by atoms with Crippen molar-refractivity contribution in [1.82, 2.24) is 9.97 Å². The van der Waals surface area contributed by atoms with Crippen molar-refractivity contribution < 1.29 is 0 Å². The lowest BCUT2D eigenvalue weighted by molar-refractivity contribution is 0.546. The second-order valence-electron chi connectivity index (χ2n) is 5.59. The van der Waals surface area contributed by atoms with Gasteiger partial charge in [-0.15, -0.1) is 11.3 Å². The van der Waals surface area contributed by atoms with E-state index in [0.29, 0.717) is 5.82 Å². The third-order valence-corrected chi connectivity index (χ3v) is 3.74. The molecule has 0 atom stereocenters. The highest BCUT2D eigenvalue weighted by Crippen LogP contribution is 2.25. The average molecular weight is 276 g/mol. The number of rotatable bonds is 3. The predicted molar refractivity (Wildman–Crippen MR) is 81.5 cm³/mol. The summed E-state index contributed by atoms with van der Waals surface area (Å²) >= 11 is 1.72. The quantitative estimate of drug-likeness (QED) is 0.902. The minimum atomic E-state index is -0.110. The lowest BCUT2D eigenvalue weighted by Crippen LogP contribution is -2.19. The molecule has 3 N–H and O–H groups in total. The van der Waals surface area contributed by atoms with Gasteiger partial charge in [0, 0.05) is 15.9 Å². The van der Waals surface area contributed by atoms with Crippen LogP contribution in [-0.4, -0.2) is 9.97 Å². The molecule has 0 bridgehead atoms. The number of nitrogens with one attached hydrogen (secondary N) is 1. The highest BCUT2D eigenvalue weighted by molar-refractivity contribution is 7.09. The monoisotopic (exact) mass is 276 g/mol. The van der Waals surface area contributed by atoms with Crippen molar-refractivity contribution in [3.8, 4) is 0 Å². The maximum atomic E-state index is 5.98. The average Bonchev–Trinajstić information content (AvgIpc) is 2.82. The Labute approximate surface area is 118 Å². The Balaban J connectivity index is 2.26. The van der Waals surface area contributed by atoms with Crippen molar-refractivity contribution in [2.24, 2.45) is 0 Å². The zero-order valence-electron chi connectivity index (χ0n) is 11.8. The van der Waals surface area contributed by atoms with Gasteiger partial charge in [0.05, 0.1) is 6.54 Å². The number of nitrogens with zero attached hydrogens (tertiary/aromatic N) is 2. The normalized spacial score (nSPS) is 11.6. The summed E-state index contributed by atoms with van der Waals surface area (Å²) in [6.07, 6.45) is 0. The van der Waals surface area contributed by atoms with Gasteiger partial charge in [-0.05, 0) is 18.4 Å². The third kappa shape index (κ3) is 3.23. The first kappa shape index (κ1) is 13.8. The van der Waals surface area contributed by atoms with Crippen LogP contribution < -0.4 is 11.1 Å². The number of anilines is 2. The molecule has 2 rings (SSSR count). The van der Waals surface area contributed by atoms with Gasteiger partial charge in [-0.25, -0.2) is 9.97 Å². The van der Waals surface area contributed by atoms with Crippen molar-refractivity contribution in [2.75, 3.05) is 11.1 Å². The molecule has 5 heteroatoms. The summed E-state index contributed by atoms with van der Waals surface area (Å²) in [5.41, 5.74) is 6.78. The van der Waals surface area contributed by atoms with Crippen LogP contribution >= 0.6 is 11.3 Å². The van der Waals surface area contributed by atoms with Crippen LogP contribution in [0.5, 0.6) is 0 Å². The van der Waals surface area contributed by atoms with Gasteiger partial charge >= 0.3 is 0 Å². The van der Waals surface area contributed by atoms with E-state index in [-0.39, 0.29) is 5.41 Å². The Morgan fingerprint density at radius 2 is 2.05 bits per heavy atom. The van der Waals surface area contributed by atoms with E-state index in [1.807, 2.05) is 13.0 Å². The highest BCUT2D eigenvalue weighted by atomic mass is 32.1. The number of nitrogen functional groups attached to an aromatic ring is 1. The fourth-order valence-corrected chi connectivity index (χ4v) is 2.27. The molecule has 0 amide bonds. The molecule has 2 aromatic heterocycles. The minimum Gasteiger partial charge on any atom is -0.383 e. The van der Waals surface area contributed by atoms with Gasteiger partial charge < -0.3 is 11.1 Å². The van der Waals surface area contributed by atoms with Crippen molar-refractivity contribution >= 4 is 23.0 Å². The maximum absolute atomic E-state index is 5.98. The summed E-state index contributed by atoms with van der Waals surface area (Å²) in [6.45, 7) is 8.96. The molecular weight excluding hydrogens is 256 g/mol. The van der Waals surface area contributed by atoms with Crippen LogP contribution in [0.1, 0.15) is 37.0 Å². The Morgan fingerprint density at radius 1 is 1.32 bits per heavy atom. The molecule has 0 spiro atoms. The fourth-order valence-electron chi connectivity index (χ4n) is 1.63. The number of nitrogens with two attached hydrogens (primary N) is 1. The fraction of sp³-hybridized carbons (Fsp3) is 0.429. The Hall–Kier alpha value is -1.62. The summed E-state index contributed by atoms with van der Waals surface area (Å²) in [5, 5.41) is 5.42. The van der Waals surface area contributed by atoms with Crippen LogP contribution in [0.2, 0.25) is 0 Å². The molecule has 19 heavy (non-hydrogen) atoms. The zero-order chi connectivity index (χ0) is 14.0. The van der Waals surface area contributed by atoms with E-state index in [0.717, 1.165) is 23.8 Å². The summed E-state index contributed by atoms with van der Waals surface area (Å²) in [4.78, 5) is 10.3. The van der Waals surface area contributed by atoms with Crippen LogP contribution in [0.3, 0.4) is 0 Å². The Kier molecular flexibility index (Phi) is 3.75. The van der Waals surface area contributed by atoms with Crippen molar-refractivity contribution in [1.29, 1.82) is 0 Å². The first-order valence-electron chi connectivity index (χ1n) is 6.29. The van der Waals surface area contributed by atoms with E-state index < -0.39 is 0 Å².